The Bertz CT molecular complexity index is 3080. The number of nitrogens with zero attached hydrogens (tertiary/aromatic N) is 4. The van der Waals surface area contributed by atoms with Crippen LogP contribution in [0.1, 0.15) is 12.5 Å². The Balaban J connectivity index is 1.14. The SMILES string of the molecule is CC(=Nc1ccccc1C=Nc1ccccc1)n1c2ccc(-c3ccc4c(c3)c3ccccc3n4-c3ccccc3)cc2c2ccc(-c3ccccc3)cc21. The molecule has 0 aliphatic carbocycles. The van der Waals surface area contributed by atoms with Crippen LogP contribution in [-0.2, 0) is 0 Å². The number of hydrogen-bond donors (Lipinski definition) is 0. The van der Waals surface area contributed by atoms with E-state index in [2.05, 4.69) is 168 Å². The largest absolute Gasteiger partial charge is 0.309 e. The zero-order valence-electron chi connectivity index (χ0n) is 30.3. The highest BCUT2D eigenvalue weighted by Crippen LogP contribution is 2.38. The van der Waals surface area contributed by atoms with E-state index in [0.717, 1.165) is 39.5 Å². The maximum atomic E-state index is 5.27. The molecule has 0 spiro atoms. The molecule has 0 atom stereocenters. The molecule has 0 radical (unpaired) electrons. The van der Waals surface area contributed by atoms with Crippen molar-refractivity contribution in [1.82, 2.24) is 9.13 Å². The van der Waals surface area contributed by atoms with Gasteiger partial charge in [0.1, 0.15) is 5.84 Å². The Morgan fingerprint density at radius 2 is 1.00 bits per heavy atom. The molecule has 8 aromatic carbocycles. The first-order valence-corrected chi connectivity index (χ1v) is 18.7. The summed E-state index contributed by atoms with van der Waals surface area (Å²) in [6.45, 7) is 2.10. The zero-order valence-corrected chi connectivity index (χ0v) is 30.3. The molecule has 10 aromatic rings. The minimum Gasteiger partial charge on any atom is -0.309 e. The fourth-order valence-corrected chi connectivity index (χ4v) is 7.95. The fraction of sp³-hybridized carbons (Fsp3) is 0.0196. The van der Waals surface area contributed by atoms with Gasteiger partial charge < -0.3 is 4.57 Å². The van der Waals surface area contributed by atoms with Crippen molar-refractivity contribution in [1.29, 1.82) is 0 Å². The Morgan fingerprint density at radius 3 is 1.78 bits per heavy atom. The highest BCUT2D eigenvalue weighted by Gasteiger charge is 2.17. The number of para-hydroxylation sites is 4. The van der Waals surface area contributed by atoms with Gasteiger partial charge in [0.2, 0.25) is 0 Å². The molecule has 0 amide bonds. The molecule has 2 heterocycles. The number of aliphatic imine (C=N–C) groups is 2. The number of hydrogen-bond acceptors (Lipinski definition) is 2. The van der Waals surface area contributed by atoms with Gasteiger partial charge in [0.15, 0.2) is 0 Å². The Kier molecular flexibility index (Phi) is 8.00. The Hall–Kier alpha value is -7.30. The predicted molar refractivity (Wildman–Crippen MR) is 233 cm³/mol. The lowest BCUT2D eigenvalue weighted by molar-refractivity contribution is 1.18. The highest BCUT2D eigenvalue weighted by atomic mass is 15.1. The van der Waals surface area contributed by atoms with E-state index in [4.69, 9.17) is 9.98 Å². The molecule has 0 aliphatic rings. The topological polar surface area (TPSA) is 34.6 Å². The summed E-state index contributed by atoms with van der Waals surface area (Å²) >= 11 is 0. The van der Waals surface area contributed by atoms with Crippen molar-refractivity contribution in [2.24, 2.45) is 9.98 Å². The van der Waals surface area contributed by atoms with Gasteiger partial charge in [-0.2, -0.15) is 0 Å². The molecule has 260 valence electrons. The molecule has 0 saturated heterocycles. The number of rotatable bonds is 6. The lowest BCUT2D eigenvalue weighted by atomic mass is 9.99. The Morgan fingerprint density at radius 1 is 0.436 bits per heavy atom. The molecule has 0 bridgehead atoms. The summed E-state index contributed by atoms with van der Waals surface area (Å²) in [5.41, 5.74) is 13.2. The molecule has 0 N–H and O–H groups in total. The fourth-order valence-electron chi connectivity index (χ4n) is 7.95. The molecular formula is C51H36N4. The van der Waals surface area contributed by atoms with Crippen LogP contribution in [0.5, 0.6) is 0 Å². The van der Waals surface area contributed by atoms with Gasteiger partial charge in [0.05, 0.1) is 33.4 Å². The van der Waals surface area contributed by atoms with Crippen molar-refractivity contribution >= 4 is 67.0 Å². The van der Waals surface area contributed by atoms with E-state index in [-0.39, 0.29) is 0 Å². The summed E-state index contributed by atoms with van der Waals surface area (Å²) in [6, 6.07) is 68.7. The highest BCUT2D eigenvalue weighted by molar-refractivity contribution is 6.16. The predicted octanol–water partition coefficient (Wildman–Crippen LogP) is 13.6. The summed E-state index contributed by atoms with van der Waals surface area (Å²) in [6.07, 6.45) is 1.90. The van der Waals surface area contributed by atoms with E-state index in [1.54, 1.807) is 0 Å². The van der Waals surface area contributed by atoms with Crippen molar-refractivity contribution in [2.75, 3.05) is 0 Å². The second kappa shape index (κ2) is 13.6. The van der Waals surface area contributed by atoms with Gasteiger partial charge in [-0.25, -0.2) is 4.99 Å². The molecule has 4 nitrogen and oxygen atoms in total. The third-order valence-corrected chi connectivity index (χ3v) is 10.5. The van der Waals surface area contributed by atoms with Crippen molar-refractivity contribution in [3.63, 3.8) is 0 Å². The van der Waals surface area contributed by atoms with Crippen LogP contribution >= 0.6 is 0 Å². The normalized spacial score (nSPS) is 12.1. The maximum absolute atomic E-state index is 5.27. The van der Waals surface area contributed by atoms with Gasteiger partial charge in [-0.3, -0.25) is 9.56 Å². The average molecular weight is 705 g/mol. The Labute approximate surface area is 319 Å². The minimum absolute atomic E-state index is 0.869. The van der Waals surface area contributed by atoms with Crippen LogP contribution in [0.25, 0.3) is 71.6 Å². The molecular weight excluding hydrogens is 669 g/mol. The van der Waals surface area contributed by atoms with Gasteiger partial charge >= 0.3 is 0 Å². The van der Waals surface area contributed by atoms with Crippen LogP contribution < -0.4 is 0 Å². The van der Waals surface area contributed by atoms with Gasteiger partial charge in [-0.1, -0.05) is 127 Å². The number of benzene rings is 8. The smallest absolute Gasteiger partial charge is 0.111 e. The average Bonchev–Trinajstić information content (AvgIpc) is 3.76. The lowest BCUT2D eigenvalue weighted by Gasteiger charge is -2.10. The lowest BCUT2D eigenvalue weighted by Crippen LogP contribution is -2.07. The third-order valence-electron chi connectivity index (χ3n) is 10.5. The second-order valence-corrected chi connectivity index (χ2v) is 13.9. The van der Waals surface area contributed by atoms with Crippen LogP contribution in [0.15, 0.2) is 204 Å². The van der Waals surface area contributed by atoms with E-state index < -0.39 is 0 Å². The first-order valence-electron chi connectivity index (χ1n) is 18.7. The molecule has 55 heavy (non-hydrogen) atoms. The van der Waals surface area contributed by atoms with E-state index in [1.807, 2.05) is 48.7 Å². The molecule has 2 aromatic heterocycles. The van der Waals surface area contributed by atoms with Crippen molar-refractivity contribution < 1.29 is 0 Å². The summed E-state index contributed by atoms with van der Waals surface area (Å²) < 4.78 is 4.67. The van der Waals surface area contributed by atoms with E-state index >= 15 is 0 Å². The van der Waals surface area contributed by atoms with Crippen molar-refractivity contribution in [3.05, 3.63) is 200 Å². The monoisotopic (exact) mass is 704 g/mol. The summed E-state index contributed by atoms with van der Waals surface area (Å²) in [5.74, 6) is 0.883. The van der Waals surface area contributed by atoms with E-state index in [1.165, 1.54) is 54.8 Å². The van der Waals surface area contributed by atoms with Gasteiger partial charge in [-0.15, -0.1) is 0 Å². The van der Waals surface area contributed by atoms with E-state index in [0.29, 0.717) is 0 Å². The zero-order chi connectivity index (χ0) is 36.7. The first-order chi connectivity index (χ1) is 27.2. The second-order valence-electron chi connectivity index (χ2n) is 13.9. The number of fused-ring (bicyclic) bond motifs is 6. The molecule has 0 fully saturated rings. The molecule has 0 saturated carbocycles. The van der Waals surface area contributed by atoms with Gasteiger partial charge in [0.25, 0.3) is 0 Å². The number of aromatic nitrogens is 2. The van der Waals surface area contributed by atoms with E-state index in [9.17, 15) is 0 Å². The van der Waals surface area contributed by atoms with Crippen molar-refractivity contribution in [2.45, 2.75) is 6.92 Å². The summed E-state index contributed by atoms with van der Waals surface area (Å²) in [4.78, 5) is 10.0. The quantitative estimate of drug-likeness (QED) is 0.122. The third kappa shape index (κ3) is 5.81. The first kappa shape index (κ1) is 32.4. The van der Waals surface area contributed by atoms with Gasteiger partial charge in [-0.05, 0) is 95.9 Å². The standard InChI is InChI=1S/C51H36N4/c1-35(53-47-23-13-11-17-40(47)34-52-41-18-7-3-8-19-41)54-49-29-26-37(32-46(49)44-28-25-39(33-51(44)54)36-15-5-2-6-16-36)38-27-30-50-45(31-38)43-22-12-14-24-48(43)55(50)42-20-9-4-10-21-42/h2-34H,1H3. The summed E-state index contributed by atoms with van der Waals surface area (Å²) in [7, 11) is 0. The molecule has 10 rings (SSSR count). The molecule has 4 heteroatoms. The van der Waals surface area contributed by atoms with Crippen molar-refractivity contribution in [3.8, 4) is 27.9 Å². The molecule has 0 unspecified atom stereocenters. The van der Waals surface area contributed by atoms with Crippen LogP contribution in [0.4, 0.5) is 11.4 Å². The molecule has 0 aliphatic heterocycles. The van der Waals surface area contributed by atoms with Gasteiger partial charge in [0, 0.05) is 39.0 Å². The van der Waals surface area contributed by atoms with Crippen LogP contribution in [-0.4, -0.2) is 21.2 Å². The van der Waals surface area contributed by atoms with Crippen LogP contribution in [0.3, 0.4) is 0 Å². The van der Waals surface area contributed by atoms with Crippen LogP contribution in [0, 0.1) is 0 Å². The minimum atomic E-state index is 0.869. The summed E-state index contributed by atoms with van der Waals surface area (Å²) in [5, 5.41) is 4.86. The maximum Gasteiger partial charge on any atom is 0.111 e. The van der Waals surface area contributed by atoms with Crippen LogP contribution in [0.2, 0.25) is 0 Å².